The van der Waals surface area contributed by atoms with E-state index in [2.05, 4.69) is 15.9 Å². The molecule has 0 aliphatic rings. The zero-order valence-electron chi connectivity index (χ0n) is 11.3. The molecule has 2 aromatic carbocycles. The highest BCUT2D eigenvalue weighted by Crippen LogP contribution is 2.30. The maximum absolute atomic E-state index is 13.5. The van der Waals surface area contributed by atoms with Crippen molar-refractivity contribution in [3.05, 3.63) is 68.7 Å². The number of aryl methyl sites for hydroxylation is 2. The van der Waals surface area contributed by atoms with Gasteiger partial charge in [-0.1, -0.05) is 29.8 Å². The molecule has 0 fully saturated rings. The van der Waals surface area contributed by atoms with E-state index in [1.54, 1.807) is 0 Å². The predicted octanol–water partition coefficient (Wildman–Crippen LogP) is 4.62. The lowest BCUT2D eigenvalue weighted by atomic mass is 9.96. The third-order valence-electron chi connectivity index (χ3n) is 3.34. The van der Waals surface area contributed by atoms with Gasteiger partial charge < -0.3 is 5.11 Å². The van der Waals surface area contributed by atoms with Crippen LogP contribution < -0.4 is 0 Å². The molecular formula is C16H15BrF2O. The summed E-state index contributed by atoms with van der Waals surface area (Å²) in [7, 11) is 0. The molecule has 1 unspecified atom stereocenters. The van der Waals surface area contributed by atoms with E-state index in [1.165, 1.54) is 6.07 Å². The van der Waals surface area contributed by atoms with E-state index in [9.17, 15) is 13.9 Å². The second kappa shape index (κ2) is 6.02. The fourth-order valence-corrected chi connectivity index (χ4v) is 2.72. The first kappa shape index (κ1) is 15.1. The molecule has 0 aliphatic heterocycles. The van der Waals surface area contributed by atoms with E-state index < -0.39 is 17.7 Å². The molecular weight excluding hydrogens is 326 g/mol. The number of aliphatic hydroxyl groups excluding tert-OH is 1. The number of halogens is 3. The average Bonchev–Trinajstić information content (AvgIpc) is 2.40. The minimum Gasteiger partial charge on any atom is -0.388 e. The van der Waals surface area contributed by atoms with Crippen molar-refractivity contribution in [3.63, 3.8) is 0 Å². The van der Waals surface area contributed by atoms with Crippen molar-refractivity contribution in [1.82, 2.24) is 0 Å². The lowest BCUT2D eigenvalue weighted by Crippen LogP contribution is -2.06. The molecule has 1 atom stereocenters. The molecule has 0 heterocycles. The molecule has 0 amide bonds. The third-order valence-corrected chi connectivity index (χ3v) is 4.15. The van der Waals surface area contributed by atoms with Gasteiger partial charge in [-0.15, -0.1) is 0 Å². The van der Waals surface area contributed by atoms with Gasteiger partial charge in [-0.25, -0.2) is 8.78 Å². The second-order valence-electron chi connectivity index (χ2n) is 4.91. The first-order valence-electron chi connectivity index (χ1n) is 6.27. The van der Waals surface area contributed by atoms with Crippen molar-refractivity contribution in [3.8, 4) is 0 Å². The lowest BCUT2D eigenvalue weighted by molar-refractivity contribution is 0.176. The van der Waals surface area contributed by atoms with Gasteiger partial charge in [0.25, 0.3) is 0 Å². The first-order valence-corrected chi connectivity index (χ1v) is 7.07. The van der Waals surface area contributed by atoms with Crippen LogP contribution in [-0.4, -0.2) is 5.11 Å². The molecule has 2 rings (SSSR count). The first-order chi connectivity index (χ1) is 9.40. The molecule has 0 aromatic heterocycles. The Morgan fingerprint density at radius 1 is 1.15 bits per heavy atom. The van der Waals surface area contributed by atoms with Gasteiger partial charge in [0.15, 0.2) is 11.6 Å². The Bertz CT molecular complexity index is 641. The van der Waals surface area contributed by atoms with Crippen molar-refractivity contribution in [2.75, 3.05) is 0 Å². The van der Waals surface area contributed by atoms with Crippen LogP contribution in [0, 0.1) is 25.5 Å². The molecule has 0 saturated carbocycles. The highest BCUT2D eigenvalue weighted by Gasteiger charge is 2.18. The van der Waals surface area contributed by atoms with Crippen molar-refractivity contribution in [1.29, 1.82) is 0 Å². The normalized spacial score (nSPS) is 12.5. The van der Waals surface area contributed by atoms with Gasteiger partial charge in [-0.3, -0.25) is 0 Å². The molecule has 2 aromatic rings. The second-order valence-corrected chi connectivity index (χ2v) is 5.71. The number of aliphatic hydroxyl groups is 1. The SMILES string of the molecule is Cc1ccc(C)c(CC(O)c2ccc(F)c(F)c2Br)c1. The average molecular weight is 341 g/mol. The highest BCUT2D eigenvalue weighted by molar-refractivity contribution is 9.10. The minimum absolute atomic E-state index is 0.0182. The van der Waals surface area contributed by atoms with E-state index in [-0.39, 0.29) is 4.47 Å². The van der Waals surface area contributed by atoms with Crippen LogP contribution in [0.5, 0.6) is 0 Å². The Morgan fingerprint density at radius 3 is 2.55 bits per heavy atom. The number of rotatable bonds is 3. The zero-order valence-corrected chi connectivity index (χ0v) is 12.8. The smallest absolute Gasteiger partial charge is 0.173 e. The van der Waals surface area contributed by atoms with Crippen LogP contribution in [0.25, 0.3) is 0 Å². The van der Waals surface area contributed by atoms with Crippen LogP contribution >= 0.6 is 15.9 Å². The largest absolute Gasteiger partial charge is 0.388 e. The molecule has 0 aliphatic carbocycles. The fraction of sp³-hybridized carbons (Fsp3) is 0.250. The summed E-state index contributed by atoms with van der Waals surface area (Å²) >= 11 is 3.00. The van der Waals surface area contributed by atoms with Gasteiger partial charge in [0.1, 0.15) is 0 Å². The molecule has 0 bridgehead atoms. The van der Waals surface area contributed by atoms with Crippen molar-refractivity contribution >= 4 is 15.9 Å². The summed E-state index contributed by atoms with van der Waals surface area (Å²) < 4.78 is 26.6. The predicted molar refractivity (Wildman–Crippen MR) is 78.6 cm³/mol. The van der Waals surface area contributed by atoms with E-state index in [4.69, 9.17) is 0 Å². The van der Waals surface area contributed by atoms with E-state index in [0.717, 1.165) is 22.8 Å². The van der Waals surface area contributed by atoms with Crippen molar-refractivity contribution in [2.24, 2.45) is 0 Å². The van der Waals surface area contributed by atoms with Gasteiger partial charge in [0.2, 0.25) is 0 Å². The minimum atomic E-state index is -0.970. The molecule has 0 saturated heterocycles. The molecule has 20 heavy (non-hydrogen) atoms. The Labute approximate surface area is 125 Å². The van der Waals surface area contributed by atoms with Crippen LogP contribution in [0.15, 0.2) is 34.8 Å². The van der Waals surface area contributed by atoms with Crippen molar-refractivity contribution in [2.45, 2.75) is 26.4 Å². The summed E-state index contributed by atoms with van der Waals surface area (Å²) in [4.78, 5) is 0. The monoisotopic (exact) mass is 340 g/mol. The van der Waals surface area contributed by atoms with Crippen LogP contribution in [0.4, 0.5) is 8.78 Å². The molecule has 4 heteroatoms. The Hall–Kier alpha value is -1.26. The summed E-state index contributed by atoms with van der Waals surface area (Å²) in [5.41, 5.74) is 3.51. The summed E-state index contributed by atoms with van der Waals surface area (Å²) in [5, 5.41) is 10.3. The number of hydrogen-bond acceptors (Lipinski definition) is 1. The number of benzene rings is 2. The highest BCUT2D eigenvalue weighted by atomic mass is 79.9. The van der Waals surface area contributed by atoms with Crippen LogP contribution in [0.3, 0.4) is 0 Å². The van der Waals surface area contributed by atoms with E-state index >= 15 is 0 Å². The third kappa shape index (κ3) is 3.07. The Kier molecular flexibility index (Phi) is 4.55. The van der Waals surface area contributed by atoms with Crippen LogP contribution in [0.2, 0.25) is 0 Å². The Morgan fingerprint density at radius 2 is 1.85 bits per heavy atom. The van der Waals surface area contributed by atoms with Gasteiger partial charge in [0, 0.05) is 6.42 Å². The fourth-order valence-electron chi connectivity index (χ4n) is 2.14. The van der Waals surface area contributed by atoms with Gasteiger partial charge in [-0.2, -0.15) is 0 Å². The molecule has 106 valence electrons. The summed E-state index contributed by atoms with van der Waals surface area (Å²) in [5.74, 6) is -1.90. The van der Waals surface area contributed by atoms with Crippen molar-refractivity contribution < 1.29 is 13.9 Å². The van der Waals surface area contributed by atoms with Gasteiger partial charge >= 0.3 is 0 Å². The summed E-state index contributed by atoms with van der Waals surface area (Å²) in [6, 6.07) is 8.41. The molecule has 0 radical (unpaired) electrons. The molecule has 1 nitrogen and oxygen atoms in total. The summed E-state index contributed by atoms with van der Waals surface area (Å²) in [6.45, 7) is 3.94. The summed E-state index contributed by atoms with van der Waals surface area (Å²) in [6.07, 6.45) is -0.531. The molecule has 1 N–H and O–H groups in total. The maximum atomic E-state index is 13.5. The lowest BCUT2D eigenvalue weighted by Gasteiger charge is -2.15. The van der Waals surface area contributed by atoms with Gasteiger partial charge in [0.05, 0.1) is 10.6 Å². The van der Waals surface area contributed by atoms with Gasteiger partial charge in [-0.05, 0) is 52.5 Å². The standard InChI is InChI=1S/C16H15BrF2O/c1-9-3-4-10(2)11(7-9)8-14(20)12-5-6-13(18)16(19)15(12)17/h3-7,14,20H,8H2,1-2H3. The van der Waals surface area contributed by atoms with Crippen LogP contribution in [-0.2, 0) is 6.42 Å². The maximum Gasteiger partial charge on any atom is 0.173 e. The number of hydrogen-bond donors (Lipinski definition) is 1. The van der Waals surface area contributed by atoms with E-state index in [0.29, 0.717) is 12.0 Å². The van der Waals surface area contributed by atoms with Crippen LogP contribution in [0.1, 0.15) is 28.4 Å². The Balaban J connectivity index is 2.31. The molecule has 0 spiro atoms. The topological polar surface area (TPSA) is 20.2 Å². The quantitative estimate of drug-likeness (QED) is 0.808. The zero-order chi connectivity index (χ0) is 14.9. The van der Waals surface area contributed by atoms with E-state index in [1.807, 2.05) is 32.0 Å².